The van der Waals surface area contributed by atoms with Crippen LogP contribution in [0.4, 0.5) is 5.69 Å². The Morgan fingerprint density at radius 2 is 2.06 bits per heavy atom. The third-order valence-corrected chi connectivity index (χ3v) is 2.26. The molecular formula is C10H8N4O4. The molecule has 8 heteroatoms. The smallest absolute Gasteiger partial charge is 0.309 e. The molecule has 0 saturated carbocycles. The summed E-state index contributed by atoms with van der Waals surface area (Å²) in [6.45, 7) is 0. The van der Waals surface area contributed by atoms with E-state index in [0.29, 0.717) is 11.4 Å². The molecule has 18 heavy (non-hydrogen) atoms. The van der Waals surface area contributed by atoms with Crippen LogP contribution in [0.1, 0.15) is 5.69 Å². The number of aromatic nitrogens is 3. The molecule has 2 aromatic rings. The van der Waals surface area contributed by atoms with Crippen molar-refractivity contribution in [2.75, 3.05) is 0 Å². The van der Waals surface area contributed by atoms with E-state index in [2.05, 4.69) is 10.3 Å². The molecule has 0 aliphatic rings. The highest BCUT2D eigenvalue weighted by molar-refractivity contribution is 5.69. The van der Waals surface area contributed by atoms with Crippen molar-refractivity contribution < 1.29 is 14.8 Å². The van der Waals surface area contributed by atoms with Gasteiger partial charge in [-0.05, 0) is 12.1 Å². The van der Waals surface area contributed by atoms with Gasteiger partial charge in [0.15, 0.2) is 0 Å². The van der Waals surface area contributed by atoms with Crippen molar-refractivity contribution in [1.82, 2.24) is 15.0 Å². The summed E-state index contributed by atoms with van der Waals surface area (Å²) >= 11 is 0. The zero-order valence-electron chi connectivity index (χ0n) is 9.05. The first-order valence-corrected chi connectivity index (χ1v) is 4.94. The molecule has 1 aromatic carbocycles. The number of hydrogen-bond acceptors (Lipinski definition) is 5. The molecule has 0 bridgehead atoms. The first-order valence-electron chi connectivity index (χ1n) is 4.94. The minimum absolute atomic E-state index is 0.0429. The van der Waals surface area contributed by atoms with Gasteiger partial charge in [-0.25, -0.2) is 4.68 Å². The highest BCUT2D eigenvalue weighted by atomic mass is 16.6. The van der Waals surface area contributed by atoms with Crippen molar-refractivity contribution in [3.05, 3.63) is 46.3 Å². The monoisotopic (exact) mass is 248 g/mol. The number of carboxylic acids is 1. The average molecular weight is 248 g/mol. The molecule has 8 nitrogen and oxygen atoms in total. The van der Waals surface area contributed by atoms with E-state index in [0.717, 1.165) is 0 Å². The van der Waals surface area contributed by atoms with Crippen LogP contribution in [0.2, 0.25) is 0 Å². The maximum atomic E-state index is 10.6. The molecule has 1 aromatic heterocycles. The maximum absolute atomic E-state index is 10.6. The molecule has 2 rings (SSSR count). The Labute approximate surface area is 101 Å². The van der Waals surface area contributed by atoms with Crippen molar-refractivity contribution in [3.63, 3.8) is 0 Å². The van der Waals surface area contributed by atoms with E-state index in [-0.39, 0.29) is 12.1 Å². The van der Waals surface area contributed by atoms with E-state index in [4.69, 9.17) is 5.11 Å². The van der Waals surface area contributed by atoms with Gasteiger partial charge in [-0.1, -0.05) is 5.21 Å². The van der Waals surface area contributed by atoms with Crippen LogP contribution in [0.15, 0.2) is 30.5 Å². The van der Waals surface area contributed by atoms with Crippen molar-refractivity contribution in [3.8, 4) is 5.69 Å². The van der Waals surface area contributed by atoms with Gasteiger partial charge in [-0.15, -0.1) is 5.10 Å². The lowest BCUT2D eigenvalue weighted by Crippen LogP contribution is -2.07. The van der Waals surface area contributed by atoms with Crippen molar-refractivity contribution in [2.45, 2.75) is 6.42 Å². The highest BCUT2D eigenvalue weighted by Crippen LogP contribution is 2.15. The molecule has 0 aliphatic carbocycles. The molecule has 1 heterocycles. The van der Waals surface area contributed by atoms with Gasteiger partial charge in [0.05, 0.1) is 28.9 Å². The number of rotatable bonds is 4. The number of non-ortho nitro benzene ring substituents is 1. The predicted molar refractivity (Wildman–Crippen MR) is 59.4 cm³/mol. The van der Waals surface area contributed by atoms with Crippen molar-refractivity contribution >= 4 is 11.7 Å². The van der Waals surface area contributed by atoms with Gasteiger partial charge < -0.3 is 5.11 Å². The molecule has 0 amide bonds. The third kappa shape index (κ3) is 2.32. The summed E-state index contributed by atoms with van der Waals surface area (Å²) in [6, 6.07) is 5.61. The molecule has 1 N–H and O–H groups in total. The lowest BCUT2D eigenvalue weighted by atomic mass is 10.2. The molecule has 0 radical (unpaired) electrons. The number of nitro benzene ring substituents is 1. The van der Waals surface area contributed by atoms with E-state index in [1.807, 2.05) is 0 Å². The van der Waals surface area contributed by atoms with Crippen LogP contribution in [0.5, 0.6) is 0 Å². The second-order valence-electron chi connectivity index (χ2n) is 3.48. The SMILES string of the molecule is O=C(O)Cc1cnnn1-c1ccc([N+](=O)[O-])cc1. The van der Waals surface area contributed by atoms with E-state index in [9.17, 15) is 14.9 Å². The van der Waals surface area contributed by atoms with Crippen LogP contribution in [0, 0.1) is 10.1 Å². The Balaban J connectivity index is 2.34. The summed E-state index contributed by atoms with van der Waals surface area (Å²) in [4.78, 5) is 20.6. The number of nitrogens with zero attached hydrogens (tertiary/aromatic N) is 4. The number of aliphatic carboxylic acids is 1. The van der Waals surface area contributed by atoms with Crippen LogP contribution in [0.25, 0.3) is 5.69 Å². The fraction of sp³-hybridized carbons (Fsp3) is 0.100. The van der Waals surface area contributed by atoms with E-state index in [1.165, 1.54) is 35.1 Å². The lowest BCUT2D eigenvalue weighted by molar-refractivity contribution is -0.384. The fourth-order valence-corrected chi connectivity index (χ4v) is 1.46. The Bertz CT molecular complexity index is 590. The Morgan fingerprint density at radius 3 is 2.61 bits per heavy atom. The number of benzene rings is 1. The molecule has 0 atom stereocenters. The molecule has 0 aliphatic heterocycles. The molecule has 0 fully saturated rings. The van der Waals surface area contributed by atoms with Gasteiger partial charge in [-0.2, -0.15) is 0 Å². The second kappa shape index (κ2) is 4.62. The summed E-state index contributed by atoms with van der Waals surface area (Å²) in [6.07, 6.45) is 1.12. The average Bonchev–Trinajstić information content (AvgIpc) is 2.76. The normalized spacial score (nSPS) is 10.2. The maximum Gasteiger partial charge on any atom is 0.309 e. The lowest BCUT2D eigenvalue weighted by Gasteiger charge is -2.03. The summed E-state index contributed by atoms with van der Waals surface area (Å²) in [5.74, 6) is -1.000. The standard InChI is InChI=1S/C10H8N4O4/c15-10(16)5-9-6-11-12-13(9)7-1-3-8(4-2-7)14(17)18/h1-4,6H,5H2,(H,15,16). The van der Waals surface area contributed by atoms with E-state index >= 15 is 0 Å². The van der Waals surface area contributed by atoms with E-state index in [1.54, 1.807) is 0 Å². The number of carboxylic acid groups (broad SMARTS) is 1. The molecule has 0 saturated heterocycles. The number of hydrogen-bond donors (Lipinski definition) is 1. The quantitative estimate of drug-likeness (QED) is 0.632. The Hall–Kier alpha value is -2.77. The first kappa shape index (κ1) is 11.7. The summed E-state index contributed by atoms with van der Waals surface area (Å²) < 4.78 is 1.33. The number of carbonyl (C=O) groups is 1. The highest BCUT2D eigenvalue weighted by Gasteiger charge is 2.11. The molecule has 0 unspecified atom stereocenters. The van der Waals surface area contributed by atoms with Crippen LogP contribution in [0.3, 0.4) is 0 Å². The van der Waals surface area contributed by atoms with Gasteiger partial charge >= 0.3 is 5.97 Å². The van der Waals surface area contributed by atoms with Crippen LogP contribution < -0.4 is 0 Å². The van der Waals surface area contributed by atoms with Crippen molar-refractivity contribution in [2.24, 2.45) is 0 Å². The fourth-order valence-electron chi connectivity index (χ4n) is 1.46. The van der Waals surface area contributed by atoms with Crippen LogP contribution in [-0.4, -0.2) is 31.0 Å². The topological polar surface area (TPSA) is 111 Å². The molecular weight excluding hydrogens is 240 g/mol. The molecule has 92 valence electrons. The third-order valence-electron chi connectivity index (χ3n) is 2.26. The Kier molecular flexibility index (Phi) is 3.00. The van der Waals surface area contributed by atoms with Gasteiger partial charge in [0.1, 0.15) is 0 Å². The first-order chi connectivity index (χ1) is 8.58. The number of nitro groups is 1. The van der Waals surface area contributed by atoms with E-state index < -0.39 is 10.9 Å². The zero-order valence-corrected chi connectivity index (χ0v) is 9.05. The minimum atomic E-state index is -1.000. The Morgan fingerprint density at radius 1 is 1.39 bits per heavy atom. The molecule has 0 spiro atoms. The summed E-state index contributed by atoms with van der Waals surface area (Å²) in [5.41, 5.74) is 0.879. The van der Waals surface area contributed by atoms with Gasteiger partial charge in [-0.3, -0.25) is 14.9 Å². The zero-order chi connectivity index (χ0) is 13.1. The minimum Gasteiger partial charge on any atom is -0.481 e. The van der Waals surface area contributed by atoms with Crippen LogP contribution in [-0.2, 0) is 11.2 Å². The van der Waals surface area contributed by atoms with Crippen molar-refractivity contribution in [1.29, 1.82) is 0 Å². The predicted octanol–water partition coefficient (Wildman–Crippen LogP) is 0.803. The second-order valence-corrected chi connectivity index (χ2v) is 3.48. The summed E-state index contributed by atoms with van der Waals surface area (Å²) in [7, 11) is 0. The van der Waals surface area contributed by atoms with Gasteiger partial charge in [0.2, 0.25) is 0 Å². The van der Waals surface area contributed by atoms with Gasteiger partial charge in [0.25, 0.3) is 5.69 Å². The summed E-state index contributed by atoms with van der Waals surface area (Å²) in [5, 5.41) is 26.6. The largest absolute Gasteiger partial charge is 0.481 e. The van der Waals surface area contributed by atoms with Gasteiger partial charge in [0, 0.05) is 12.1 Å². The van der Waals surface area contributed by atoms with Crippen LogP contribution >= 0.6 is 0 Å².